The van der Waals surface area contributed by atoms with Crippen LogP contribution in [0.5, 0.6) is 0 Å². The average molecular weight is 342 g/mol. The largest absolute Gasteiger partial charge is 0.349 e. The van der Waals surface area contributed by atoms with Crippen LogP contribution in [0.25, 0.3) is 0 Å². The number of hydrogen-bond donors (Lipinski definition) is 1. The number of pyridine rings is 1. The number of fused-ring (bicyclic) bond motifs is 2. The molecule has 1 N–H and O–H groups in total. The quantitative estimate of drug-likeness (QED) is 0.913. The van der Waals surface area contributed by atoms with Crippen molar-refractivity contribution in [2.75, 3.05) is 4.90 Å². The van der Waals surface area contributed by atoms with E-state index in [1.54, 1.807) is 29.4 Å². The standard InChI is InChI=1S/C18H16ClN3O2/c1-10(23)21-16-5-4-14-15(16)7-20-8-17(14)22-9-11-6-12(19)2-3-13(11)18(22)24/h2-3,6-8,16H,4-5,9H2,1H3,(H,21,23)/t16-/m0/s1. The molecule has 0 spiro atoms. The van der Waals surface area contributed by atoms with Crippen molar-refractivity contribution in [2.24, 2.45) is 0 Å². The molecule has 4 rings (SSSR count). The molecule has 0 saturated carbocycles. The minimum Gasteiger partial charge on any atom is -0.349 e. The summed E-state index contributed by atoms with van der Waals surface area (Å²) in [6, 6.07) is 5.32. The molecular formula is C18H16ClN3O2. The summed E-state index contributed by atoms with van der Waals surface area (Å²) in [7, 11) is 0. The molecule has 2 heterocycles. The van der Waals surface area contributed by atoms with Gasteiger partial charge in [-0.2, -0.15) is 0 Å². The highest BCUT2D eigenvalue weighted by Gasteiger charge is 2.33. The third-order valence-corrected chi connectivity index (χ3v) is 4.90. The van der Waals surface area contributed by atoms with Gasteiger partial charge in [-0.1, -0.05) is 11.6 Å². The summed E-state index contributed by atoms with van der Waals surface area (Å²) >= 11 is 6.04. The molecule has 2 aromatic rings. The van der Waals surface area contributed by atoms with Gasteiger partial charge < -0.3 is 10.2 Å². The van der Waals surface area contributed by atoms with Crippen LogP contribution < -0.4 is 10.2 Å². The van der Waals surface area contributed by atoms with Crippen LogP contribution in [0.2, 0.25) is 5.02 Å². The van der Waals surface area contributed by atoms with Crippen molar-refractivity contribution in [1.29, 1.82) is 0 Å². The fraction of sp³-hybridized carbons (Fsp3) is 0.278. The van der Waals surface area contributed by atoms with Gasteiger partial charge in [0.05, 0.1) is 24.5 Å². The van der Waals surface area contributed by atoms with Crippen LogP contribution in [0.15, 0.2) is 30.6 Å². The molecule has 1 aliphatic carbocycles. The van der Waals surface area contributed by atoms with Crippen molar-refractivity contribution >= 4 is 29.1 Å². The van der Waals surface area contributed by atoms with Crippen LogP contribution >= 0.6 is 11.6 Å². The van der Waals surface area contributed by atoms with Gasteiger partial charge in [-0.05, 0) is 47.7 Å². The van der Waals surface area contributed by atoms with Crippen LogP contribution in [0.4, 0.5) is 5.69 Å². The third kappa shape index (κ3) is 2.36. The molecular weight excluding hydrogens is 326 g/mol. The number of hydrogen-bond acceptors (Lipinski definition) is 3. The number of nitrogens with zero attached hydrogens (tertiary/aromatic N) is 2. The van der Waals surface area contributed by atoms with E-state index in [9.17, 15) is 9.59 Å². The molecule has 2 amide bonds. The SMILES string of the molecule is CC(=O)N[C@H]1CCc2c1cncc2N1Cc2cc(Cl)ccc2C1=O. The Labute approximate surface area is 144 Å². The molecule has 1 aliphatic heterocycles. The first kappa shape index (κ1) is 15.1. The molecule has 0 fully saturated rings. The molecule has 1 aromatic heterocycles. The van der Waals surface area contributed by atoms with Gasteiger partial charge in [0.2, 0.25) is 5.91 Å². The fourth-order valence-electron chi connectivity index (χ4n) is 3.62. The summed E-state index contributed by atoms with van der Waals surface area (Å²) < 4.78 is 0. The molecule has 0 radical (unpaired) electrons. The molecule has 1 atom stereocenters. The lowest BCUT2D eigenvalue weighted by atomic mass is 10.1. The van der Waals surface area contributed by atoms with Gasteiger partial charge in [0.1, 0.15) is 0 Å². The van der Waals surface area contributed by atoms with Crippen LogP contribution in [0, 0.1) is 0 Å². The van der Waals surface area contributed by atoms with Crippen LogP contribution in [-0.4, -0.2) is 16.8 Å². The zero-order valence-electron chi connectivity index (χ0n) is 13.2. The zero-order valence-corrected chi connectivity index (χ0v) is 13.9. The lowest BCUT2D eigenvalue weighted by molar-refractivity contribution is -0.119. The van der Waals surface area contributed by atoms with Crippen molar-refractivity contribution < 1.29 is 9.59 Å². The first-order chi connectivity index (χ1) is 11.5. The Balaban J connectivity index is 1.71. The van der Waals surface area contributed by atoms with Gasteiger partial charge >= 0.3 is 0 Å². The first-order valence-corrected chi connectivity index (χ1v) is 8.26. The molecule has 0 saturated heterocycles. The summed E-state index contributed by atoms with van der Waals surface area (Å²) in [4.78, 5) is 30.2. The van der Waals surface area contributed by atoms with Crippen molar-refractivity contribution in [3.63, 3.8) is 0 Å². The Hall–Kier alpha value is -2.40. The highest BCUT2D eigenvalue weighted by molar-refractivity contribution is 6.31. The lowest BCUT2D eigenvalue weighted by Crippen LogP contribution is -2.26. The number of benzene rings is 1. The average Bonchev–Trinajstić information content (AvgIpc) is 3.08. The van der Waals surface area contributed by atoms with Crippen molar-refractivity contribution in [1.82, 2.24) is 10.3 Å². The molecule has 24 heavy (non-hydrogen) atoms. The molecule has 122 valence electrons. The number of carbonyl (C=O) groups is 2. The summed E-state index contributed by atoms with van der Waals surface area (Å²) in [5.41, 5.74) is 4.55. The van der Waals surface area contributed by atoms with Gasteiger partial charge in [-0.15, -0.1) is 0 Å². The Bertz CT molecular complexity index is 865. The van der Waals surface area contributed by atoms with Gasteiger partial charge in [0.15, 0.2) is 0 Å². The Kier molecular flexibility index (Phi) is 3.53. The topological polar surface area (TPSA) is 62.3 Å². The van der Waals surface area contributed by atoms with E-state index < -0.39 is 0 Å². The molecule has 5 nitrogen and oxygen atoms in total. The molecule has 0 bridgehead atoms. The van der Waals surface area contributed by atoms with Crippen LogP contribution in [0.1, 0.15) is 46.4 Å². The number of rotatable bonds is 2. The summed E-state index contributed by atoms with van der Waals surface area (Å²) in [5.74, 6) is -0.0857. The summed E-state index contributed by atoms with van der Waals surface area (Å²) in [5, 5.41) is 3.58. The zero-order chi connectivity index (χ0) is 16.8. The van der Waals surface area contributed by atoms with Gasteiger partial charge in [0, 0.05) is 23.7 Å². The lowest BCUT2D eigenvalue weighted by Gasteiger charge is -2.19. The Morgan fingerprint density at radius 2 is 2.21 bits per heavy atom. The predicted molar refractivity (Wildman–Crippen MR) is 91.1 cm³/mol. The number of halogens is 1. The van der Waals surface area contributed by atoms with E-state index in [0.717, 1.165) is 35.2 Å². The summed E-state index contributed by atoms with van der Waals surface area (Å²) in [6.07, 6.45) is 5.17. The van der Waals surface area contributed by atoms with E-state index in [1.807, 2.05) is 6.07 Å². The molecule has 0 unspecified atom stereocenters. The maximum Gasteiger partial charge on any atom is 0.258 e. The fourth-order valence-corrected chi connectivity index (χ4v) is 3.82. The van der Waals surface area contributed by atoms with E-state index in [4.69, 9.17) is 11.6 Å². The van der Waals surface area contributed by atoms with E-state index in [0.29, 0.717) is 17.1 Å². The van der Waals surface area contributed by atoms with E-state index in [1.165, 1.54) is 6.92 Å². The maximum absolute atomic E-state index is 12.8. The van der Waals surface area contributed by atoms with E-state index in [2.05, 4.69) is 10.3 Å². The van der Waals surface area contributed by atoms with Crippen molar-refractivity contribution in [3.05, 3.63) is 57.9 Å². The van der Waals surface area contributed by atoms with E-state index in [-0.39, 0.29) is 17.9 Å². The number of anilines is 1. The first-order valence-electron chi connectivity index (χ1n) is 7.89. The maximum atomic E-state index is 12.8. The molecule has 2 aliphatic rings. The number of nitrogens with one attached hydrogen (secondary N) is 1. The number of amides is 2. The Morgan fingerprint density at radius 1 is 1.38 bits per heavy atom. The second-order valence-corrected chi connectivity index (χ2v) is 6.65. The van der Waals surface area contributed by atoms with Crippen molar-refractivity contribution in [3.8, 4) is 0 Å². The highest BCUT2D eigenvalue weighted by atomic mass is 35.5. The number of aromatic nitrogens is 1. The smallest absolute Gasteiger partial charge is 0.258 e. The second-order valence-electron chi connectivity index (χ2n) is 6.21. The van der Waals surface area contributed by atoms with Gasteiger partial charge in [0.25, 0.3) is 5.91 Å². The van der Waals surface area contributed by atoms with Crippen LogP contribution in [-0.2, 0) is 17.8 Å². The van der Waals surface area contributed by atoms with E-state index >= 15 is 0 Å². The molecule has 1 aromatic carbocycles. The summed E-state index contributed by atoms with van der Waals surface area (Å²) in [6.45, 7) is 2.01. The van der Waals surface area contributed by atoms with Gasteiger partial charge in [-0.3, -0.25) is 14.6 Å². The number of carbonyl (C=O) groups excluding carboxylic acids is 2. The highest BCUT2D eigenvalue weighted by Crippen LogP contribution is 2.39. The van der Waals surface area contributed by atoms with Crippen molar-refractivity contribution in [2.45, 2.75) is 32.4 Å². The van der Waals surface area contributed by atoms with Crippen LogP contribution in [0.3, 0.4) is 0 Å². The van der Waals surface area contributed by atoms with Gasteiger partial charge in [-0.25, -0.2) is 0 Å². The predicted octanol–water partition coefficient (Wildman–Crippen LogP) is 3.02. The minimum absolute atomic E-state index is 0.0279. The monoisotopic (exact) mass is 341 g/mol. The molecule has 6 heteroatoms. The second kappa shape index (κ2) is 5.60. The normalized spacial score (nSPS) is 18.5. The third-order valence-electron chi connectivity index (χ3n) is 4.67. The minimum atomic E-state index is -0.0578. The Morgan fingerprint density at radius 3 is 3.00 bits per heavy atom.